The van der Waals surface area contributed by atoms with E-state index < -0.39 is 0 Å². The Balaban J connectivity index is 2.28. The summed E-state index contributed by atoms with van der Waals surface area (Å²) in [7, 11) is 1.91. The smallest absolute Gasteiger partial charge is 0.0525 e. The maximum Gasteiger partial charge on any atom is 0.0525 e. The zero-order chi connectivity index (χ0) is 10.8. The zero-order valence-corrected chi connectivity index (χ0v) is 10.0. The Kier molecular flexibility index (Phi) is 2.77. The number of hydrogen-bond acceptors (Lipinski definition) is 2. The molecule has 0 aliphatic rings. The van der Waals surface area contributed by atoms with Crippen molar-refractivity contribution in [1.29, 1.82) is 0 Å². The Morgan fingerprint density at radius 3 is 2.93 bits per heavy atom. The van der Waals surface area contributed by atoms with E-state index in [0.29, 0.717) is 0 Å². The van der Waals surface area contributed by atoms with Crippen LogP contribution in [0.3, 0.4) is 0 Å². The van der Waals surface area contributed by atoms with Crippen molar-refractivity contribution < 1.29 is 0 Å². The predicted molar refractivity (Wildman–Crippen MR) is 64.6 cm³/mol. The highest BCUT2D eigenvalue weighted by Crippen LogP contribution is 2.24. The number of aromatic nitrogens is 2. The number of nitrogens with two attached hydrogens (primary N) is 1. The first-order valence-electron chi connectivity index (χ1n) is 4.67. The second kappa shape index (κ2) is 4.06. The highest BCUT2D eigenvalue weighted by molar-refractivity contribution is 9.10. The number of hydrogen-bond donors (Lipinski definition) is 1. The first kappa shape index (κ1) is 10.2. The summed E-state index contributed by atoms with van der Waals surface area (Å²) in [6, 6.07) is 5.97. The molecule has 0 radical (unpaired) electrons. The lowest BCUT2D eigenvalue weighted by atomic mass is 10.1. The van der Waals surface area contributed by atoms with Crippen LogP contribution in [0, 0.1) is 0 Å². The van der Waals surface area contributed by atoms with Gasteiger partial charge in [-0.2, -0.15) is 5.10 Å². The molecule has 2 rings (SSSR count). The number of nitrogens with zero attached hydrogens (tertiary/aromatic N) is 2. The van der Waals surface area contributed by atoms with Gasteiger partial charge in [-0.15, -0.1) is 0 Å². The molecule has 15 heavy (non-hydrogen) atoms. The molecule has 1 aromatic carbocycles. The molecule has 0 unspecified atom stereocenters. The topological polar surface area (TPSA) is 43.8 Å². The molecule has 0 saturated carbocycles. The van der Waals surface area contributed by atoms with Crippen LogP contribution in [0.4, 0.5) is 5.69 Å². The van der Waals surface area contributed by atoms with Crippen molar-refractivity contribution in [2.45, 2.75) is 6.42 Å². The Morgan fingerprint density at radius 2 is 2.27 bits per heavy atom. The molecular formula is C11H12BrN3. The van der Waals surface area contributed by atoms with Crippen LogP contribution in [0.15, 0.2) is 35.1 Å². The quantitative estimate of drug-likeness (QED) is 0.848. The molecule has 3 nitrogen and oxygen atoms in total. The Labute approximate surface area is 97.0 Å². The molecule has 0 atom stereocenters. The minimum atomic E-state index is 0.807. The van der Waals surface area contributed by atoms with Gasteiger partial charge in [0.25, 0.3) is 0 Å². The van der Waals surface area contributed by atoms with Gasteiger partial charge in [0.1, 0.15) is 0 Å². The molecule has 0 aliphatic heterocycles. The fraction of sp³-hybridized carbons (Fsp3) is 0.182. The lowest BCUT2D eigenvalue weighted by Gasteiger charge is -2.05. The molecular weight excluding hydrogens is 254 g/mol. The van der Waals surface area contributed by atoms with E-state index in [1.54, 1.807) is 4.68 Å². The van der Waals surface area contributed by atoms with E-state index in [9.17, 15) is 0 Å². The maximum absolute atomic E-state index is 5.96. The summed E-state index contributed by atoms with van der Waals surface area (Å²) in [5, 5.41) is 4.13. The number of halogens is 1. The average molecular weight is 266 g/mol. The van der Waals surface area contributed by atoms with Crippen molar-refractivity contribution in [2.24, 2.45) is 7.05 Å². The van der Waals surface area contributed by atoms with E-state index >= 15 is 0 Å². The lowest BCUT2D eigenvalue weighted by Crippen LogP contribution is -1.96. The van der Waals surface area contributed by atoms with Crippen LogP contribution in [0.2, 0.25) is 0 Å². The molecule has 0 bridgehead atoms. The number of benzene rings is 1. The number of rotatable bonds is 2. The monoisotopic (exact) mass is 265 g/mol. The van der Waals surface area contributed by atoms with E-state index in [1.807, 2.05) is 37.6 Å². The summed E-state index contributed by atoms with van der Waals surface area (Å²) in [6.45, 7) is 0. The van der Waals surface area contributed by atoms with Crippen LogP contribution in [0.1, 0.15) is 11.1 Å². The summed E-state index contributed by atoms with van der Waals surface area (Å²) < 4.78 is 2.74. The minimum Gasteiger partial charge on any atom is -0.398 e. The molecule has 2 N–H and O–H groups in total. The van der Waals surface area contributed by atoms with Crippen LogP contribution in [0.5, 0.6) is 0 Å². The first-order chi connectivity index (χ1) is 7.16. The van der Waals surface area contributed by atoms with E-state index in [4.69, 9.17) is 5.73 Å². The molecule has 0 fully saturated rings. The summed E-state index contributed by atoms with van der Waals surface area (Å²) in [5.41, 5.74) is 9.06. The Bertz CT molecular complexity index is 476. The van der Waals surface area contributed by atoms with E-state index in [1.165, 1.54) is 5.56 Å². The summed E-state index contributed by atoms with van der Waals surface area (Å²) in [6.07, 6.45) is 4.68. The van der Waals surface area contributed by atoms with Gasteiger partial charge in [0.2, 0.25) is 0 Å². The van der Waals surface area contributed by atoms with Gasteiger partial charge in [-0.1, -0.05) is 12.1 Å². The third-order valence-corrected chi connectivity index (χ3v) is 2.99. The van der Waals surface area contributed by atoms with Gasteiger partial charge >= 0.3 is 0 Å². The highest BCUT2D eigenvalue weighted by atomic mass is 79.9. The van der Waals surface area contributed by atoms with E-state index in [0.717, 1.165) is 22.1 Å². The molecule has 0 aliphatic carbocycles. The number of para-hydroxylation sites is 1. The van der Waals surface area contributed by atoms with Gasteiger partial charge in [0.05, 0.1) is 6.20 Å². The SMILES string of the molecule is Cn1cc(Cc2cccc(Br)c2N)cn1. The molecule has 1 aromatic heterocycles. The molecule has 4 heteroatoms. The van der Waals surface area contributed by atoms with Crippen molar-refractivity contribution in [1.82, 2.24) is 9.78 Å². The normalized spacial score (nSPS) is 10.5. The van der Waals surface area contributed by atoms with Crippen LogP contribution in [-0.2, 0) is 13.5 Å². The van der Waals surface area contributed by atoms with Crippen LogP contribution < -0.4 is 5.73 Å². The van der Waals surface area contributed by atoms with Crippen molar-refractivity contribution >= 4 is 21.6 Å². The van der Waals surface area contributed by atoms with Gasteiger partial charge in [-0.05, 0) is 33.1 Å². The van der Waals surface area contributed by atoms with Gasteiger partial charge in [0, 0.05) is 29.8 Å². The maximum atomic E-state index is 5.96. The van der Waals surface area contributed by atoms with Crippen molar-refractivity contribution in [3.8, 4) is 0 Å². The van der Waals surface area contributed by atoms with Gasteiger partial charge < -0.3 is 5.73 Å². The largest absolute Gasteiger partial charge is 0.398 e. The predicted octanol–water partition coefficient (Wildman–Crippen LogP) is 2.36. The second-order valence-corrected chi connectivity index (χ2v) is 4.37. The van der Waals surface area contributed by atoms with Crippen LogP contribution in [-0.4, -0.2) is 9.78 Å². The Hall–Kier alpha value is -1.29. The van der Waals surface area contributed by atoms with E-state index in [-0.39, 0.29) is 0 Å². The molecule has 0 spiro atoms. The van der Waals surface area contributed by atoms with E-state index in [2.05, 4.69) is 21.0 Å². The van der Waals surface area contributed by atoms with Crippen molar-refractivity contribution in [3.05, 3.63) is 46.2 Å². The number of aryl methyl sites for hydroxylation is 1. The van der Waals surface area contributed by atoms with Gasteiger partial charge in [0.15, 0.2) is 0 Å². The second-order valence-electron chi connectivity index (χ2n) is 3.51. The van der Waals surface area contributed by atoms with Crippen LogP contribution in [0.25, 0.3) is 0 Å². The van der Waals surface area contributed by atoms with Gasteiger partial charge in [-0.25, -0.2) is 0 Å². The third kappa shape index (κ3) is 2.21. The number of nitrogen functional groups attached to an aromatic ring is 1. The summed E-state index contributed by atoms with van der Waals surface area (Å²) in [5.74, 6) is 0. The summed E-state index contributed by atoms with van der Waals surface area (Å²) in [4.78, 5) is 0. The fourth-order valence-electron chi connectivity index (χ4n) is 1.52. The number of anilines is 1. The molecule has 0 saturated heterocycles. The lowest BCUT2D eigenvalue weighted by molar-refractivity contribution is 0.767. The molecule has 0 amide bonds. The summed E-state index contributed by atoms with van der Waals surface area (Å²) >= 11 is 3.42. The molecule has 78 valence electrons. The van der Waals surface area contributed by atoms with Gasteiger partial charge in [-0.3, -0.25) is 4.68 Å². The molecule has 2 aromatic rings. The standard InChI is InChI=1S/C11H12BrN3/c1-15-7-8(6-14-15)5-9-3-2-4-10(12)11(9)13/h2-4,6-7H,5,13H2,1H3. The molecule has 1 heterocycles. The average Bonchev–Trinajstić information content (AvgIpc) is 2.59. The first-order valence-corrected chi connectivity index (χ1v) is 5.46. The third-order valence-electron chi connectivity index (χ3n) is 2.30. The van der Waals surface area contributed by atoms with Crippen molar-refractivity contribution in [2.75, 3.05) is 5.73 Å². The fourth-order valence-corrected chi connectivity index (χ4v) is 1.93. The minimum absolute atomic E-state index is 0.807. The van der Waals surface area contributed by atoms with Crippen molar-refractivity contribution in [3.63, 3.8) is 0 Å². The van der Waals surface area contributed by atoms with Crippen LogP contribution >= 0.6 is 15.9 Å². The Morgan fingerprint density at radius 1 is 1.47 bits per heavy atom. The highest BCUT2D eigenvalue weighted by Gasteiger charge is 2.04. The zero-order valence-electron chi connectivity index (χ0n) is 8.44.